The first-order valence-corrected chi connectivity index (χ1v) is 10.7. The number of methoxy groups -OCH3 is 1. The third-order valence-corrected chi connectivity index (χ3v) is 5.04. The number of carbonyl (C=O) groups excluding carboxylic acids is 1. The van der Waals surface area contributed by atoms with Crippen molar-refractivity contribution in [2.45, 2.75) is 31.9 Å². The van der Waals surface area contributed by atoms with Gasteiger partial charge in [0, 0.05) is 23.2 Å². The van der Waals surface area contributed by atoms with E-state index in [4.69, 9.17) is 9.47 Å². The maximum Gasteiger partial charge on any atom is 0.251 e. The van der Waals surface area contributed by atoms with Crippen LogP contribution in [0.4, 0.5) is 5.69 Å². The fraction of sp³-hybridized carbons (Fsp3) is 0.350. The molecule has 1 amide bonds. The molecule has 0 saturated carbocycles. The predicted octanol–water partition coefficient (Wildman–Crippen LogP) is 3.10. The van der Waals surface area contributed by atoms with Gasteiger partial charge in [0.05, 0.1) is 19.4 Å². The minimum absolute atomic E-state index is 0.241. The van der Waals surface area contributed by atoms with E-state index in [9.17, 15) is 13.2 Å². The molecule has 0 aliphatic carbocycles. The SMILES string of the molecule is COc1ccc2c(c1)C(NC(=O)c1ccc(NS(C)(=O)=O)cc1)CC(C)(C)O2. The van der Waals surface area contributed by atoms with Crippen molar-refractivity contribution in [1.29, 1.82) is 0 Å². The predicted molar refractivity (Wildman–Crippen MR) is 107 cm³/mol. The Kier molecular flexibility index (Phi) is 5.25. The van der Waals surface area contributed by atoms with Crippen LogP contribution in [0.2, 0.25) is 0 Å². The van der Waals surface area contributed by atoms with Crippen LogP contribution in [0.5, 0.6) is 11.5 Å². The zero-order valence-electron chi connectivity index (χ0n) is 16.3. The fourth-order valence-electron chi connectivity index (χ4n) is 3.23. The maximum atomic E-state index is 12.8. The van der Waals surface area contributed by atoms with Crippen molar-refractivity contribution in [2.24, 2.45) is 0 Å². The number of carbonyl (C=O) groups is 1. The molecule has 7 nitrogen and oxygen atoms in total. The van der Waals surface area contributed by atoms with Gasteiger partial charge < -0.3 is 14.8 Å². The molecule has 0 fully saturated rings. The number of hydrogen-bond donors (Lipinski definition) is 2. The van der Waals surface area contributed by atoms with Crippen LogP contribution in [0.15, 0.2) is 42.5 Å². The summed E-state index contributed by atoms with van der Waals surface area (Å²) in [7, 11) is -1.77. The van der Waals surface area contributed by atoms with Gasteiger partial charge in [-0.15, -0.1) is 0 Å². The molecular weight excluding hydrogens is 380 g/mol. The van der Waals surface area contributed by atoms with Crippen molar-refractivity contribution < 1.29 is 22.7 Å². The van der Waals surface area contributed by atoms with Crippen LogP contribution in [-0.4, -0.2) is 33.3 Å². The molecule has 8 heteroatoms. The smallest absolute Gasteiger partial charge is 0.251 e. The number of sulfonamides is 1. The number of rotatable bonds is 5. The molecule has 1 unspecified atom stereocenters. The Balaban J connectivity index is 1.82. The van der Waals surface area contributed by atoms with Gasteiger partial charge in [0.25, 0.3) is 5.91 Å². The molecule has 1 heterocycles. The lowest BCUT2D eigenvalue weighted by Crippen LogP contribution is -2.41. The number of anilines is 1. The molecule has 1 atom stereocenters. The van der Waals surface area contributed by atoms with Crippen molar-refractivity contribution in [3.63, 3.8) is 0 Å². The van der Waals surface area contributed by atoms with Gasteiger partial charge in [-0.25, -0.2) is 8.42 Å². The molecule has 1 aliphatic heterocycles. The lowest BCUT2D eigenvalue weighted by atomic mass is 9.89. The highest BCUT2D eigenvalue weighted by molar-refractivity contribution is 7.92. The molecule has 0 bridgehead atoms. The number of nitrogens with one attached hydrogen (secondary N) is 2. The van der Waals surface area contributed by atoms with Crippen LogP contribution in [0.3, 0.4) is 0 Å². The first-order valence-electron chi connectivity index (χ1n) is 8.82. The molecule has 0 aromatic heterocycles. The Hall–Kier alpha value is -2.74. The molecule has 2 N–H and O–H groups in total. The summed E-state index contributed by atoms with van der Waals surface area (Å²) in [5, 5.41) is 3.05. The maximum absolute atomic E-state index is 12.8. The van der Waals surface area contributed by atoms with Crippen molar-refractivity contribution >= 4 is 21.6 Å². The Labute approximate surface area is 165 Å². The molecule has 150 valence electrons. The average Bonchev–Trinajstić information content (AvgIpc) is 2.59. The summed E-state index contributed by atoms with van der Waals surface area (Å²) < 4.78 is 36.3. The van der Waals surface area contributed by atoms with Crippen LogP contribution in [0.25, 0.3) is 0 Å². The summed E-state index contributed by atoms with van der Waals surface area (Å²) >= 11 is 0. The Bertz CT molecular complexity index is 984. The van der Waals surface area contributed by atoms with Crippen LogP contribution in [0, 0.1) is 0 Å². The van der Waals surface area contributed by atoms with Gasteiger partial charge in [-0.05, 0) is 56.3 Å². The van der Waals surface area contributed by atoms with E-state index in [0.717, 1.165) is 17.6 Å². The van der Waals surface area contributed by atoms with E-state index in [-0.39, 0.29) is 11.9 Å². The highest BCUT2D eigenvalue weighted by Crippen LogP contribution is 2.41. The van der Waals surface area contributed by atoms with E-state index < -0.39 is 15.6 Å². The van der Waals surface area contributed by atoms with E-state index in [1.165, 1.54) is 0 Å². The Morgan fingerprint density at radius 3 is 2.46 bits per heavy atom. The standard InChI is InChI=1S/C20H24N2O5S/c1-20(2)12-17(16-11-15(26-3)9-10-18(16)27-20)21-19(23)13-5-7-14(8-6-13)22-28(4,24)25/h5-11,17,22H,12H2,1-4H3,(H,21,23). The lowest BCUT2D eigenvalue weighted by Gasteiger charge is -2.38. The Morgan fingerprint density at radius 1 is 1.18 bits per heavy atom. The molecule has 28 heavy (non-hydrogen) atoms. The van der Waals surface area contributed by atoms with Gasteiger partial charge in [-0.3, -0.25) is 9.52 Å². The summed E-state index contributed by atoms with van der Waals surface area (Å²) in [6.45, 7) is 3.95. The molecule has 0 radical (unpaired) electrons. The first kappa shape index (κ1) is 20.0. The highest BCUT2D eigenvalue weighted by atomic mass is 32.2. The molecule has 2 aromatic carbocycles. The summed E-state index contributed by atoms with van der Waals surface area (Å²) in [5.74, 6) is 1.16. The number of amides is 1. The average molecular weight is 404 g/mol. The van der Waals surface area contributed by atoms with Gasteiger partial charge >= 0.3 is 0 Å². The van der Waals surface area contributed by atoms with E-state index in [1.807, 2.05) is 32.0 Å². The van der Waals surface area contributed by atoms with Crippen molar-refractivity contribution in [2.75, 3.05) is 18.1 Å². The van der Waals surface area contributed by atoms with E-state index in [1.54, 1.807) is 31.4 Å². The van der Waals surface area contributed by atoms with Gasteiger partial charge in [-0.2, -0.15) is 0 Å². The van der Waals surface area contributed by atoms with Crippen molar-refractivity contribution in [1.82, 2.24) is 5.32 Å². The summed E-state index contributed by atoms with van der Waals surface area (Å²) in [4.78, 5) is 12.8. The quantitative estimate of drug-likeness (QED) is 0.799. The second-order valence-corrected chi connectivity index (χ2v) is 9.20. The van der Waals surface area contributed by atoms with Crippen molar-refractivity contribution in [3.8, 4) is 11.5 Å². The van der Waals surface area contributed by atoms with E-state index in [2.05, 4.69) is 10.0 Å². The van der Waals surface area contributed by atoms with Crippen LogP contribution >= 0.6 is 0 Å². The lowest BCUT2D eigenvalue weighted by molar-refractivity contribution is 0.0618. The normalized spacial score (nSPS) is 17.8. The second-order valence-electron chi connectivity index (χ2n) is 7.45. The van der Waals surface area contributed by atoms with Crippen LogP contribution < -0.4 is 19.5 Å². The van der Waals surface area contributed by atoms with Gasteiger partial charge in [-0.1, -0.05) is 0 Å². The summed E-state index contributed by atoms with van der Waals surface area (Å²) in [6, 6.07) is 11.6. The highest BCUT2D eigenvalue weighted by Gasteiger charge is 2.35. The Morgan fingerprint density at radius 2 is 1.86 bits per heavy atom. The minimum atomic E-state index is -3.36. The fourth-order valence-corrected chi connectivity index (χ4v) is 3.80. The molecule has 0 saturated heterocycles. The largest absolute Gasteiger partial charge is 0.497 e. The third-order valence-electron chi connectivity index (χ3n) is 4.43. The van der Waals surface area contributed by atoms with E-state index in [0.29, 0.717) is 23.4 Å². The number of fused-ring (bicyclic) bond motifs is 1. The first-order chi connectivity index (χ1) is 13.1. The summed E-state index contributed by atoms with van der Waals surface area (Å²) in [5.41, 5.74) is 1.28. The molecular formula is C20H24N2O5S. The molecule has 0 spiro atoms. The number of hydrogen-bond acceptors (Lipinski definition) is 5. The van der Waals surface area contributed by atoms with E-state index >= 15 is 0 Å². The monoisotopic (exact) mass is 404 g/mol. The van der Waals surface area contributed by atoms with Gasteiger partial charge in [0.15, 0.2) is 0 Å². The molecule has 3 rings (SSSR count). The third kappa shape index (κ3) is 4.75. The topological polar surface area (TPSA) is 93.7 Å². The van der Waals surface area contributed by atoms with Gasteiger partial charge in [0.1, 0.15) is 17.1 Å². The summed E-state index contributed by atoms with van der Waals surface area (Å²) in [6.07, 6.45) is 1.68. The second kappa shape index (κ2) is 7.35. The molecule has 1 aliphatic rings. The zero-order valence-corrected chi connectivity index (χ0v) is 17.1. The van der Waals surface area contributed by atoms with Crippen molar-refractivity contribution in [3.05, 3.63) is 53.6 Å². The van der Waals surface area contributed by atoms with Crippen LogP contribution in [-0.2, 0) is 10.0 Å². The molecule has 2 aromatic rings. The minimum Gasteiger partial charge on any atom is -0.497 e. The number of benzene rings is 2. The van der Waals surface area contributed by atoms with Crippen LogP contribution in [0.1, 0.15) is 42.2 Å². The van der Waals surface area contributed by atoms with Gasteiger partial charge in [0.2, 0.25) is 10.0 Å². The number of ether oxygens (including phenoxy) is 2. The zero-order chi connectivity index (χ0) is 20.5.